The molecule has 96 valence electrons. The fourth-order valence-corrected chi connectivity index (χ4v) is 1.84. The number of nitrogens with two attached hydrogens (primary N) is 1. The summed E-state index contributed by atoms with van der Waals surface area (Å²) >= 11 is 1.23. The highest BCUT2D eigenvalue weighted by Crippen LogP contribution is 2.13. The zero-order valence-corrected chi connectivity index (χ0v) is 10.7. The first kappa shape index (κ1) is 14.0. The second-order valence-electron chi connectivity index (χ2n) is 3.82. The van der Waals surface area contributed by atoms with Gasteiger partial charge in [-0.05, 0) is 13.8 Å². The second-order valence-corrected chi connectivity index (χ2v) is 4.83. The minimum Gasteiger partial charge on any atom is -0.390 e. The Kier molecular flexibility index (Phi) is 5.46. The summed E-state index contributed by atoms with van der Waals surface area (Å²) in [6, 6.07) is 1.21. The van der Waals surface area contributed by atoms with Crippen LogP contribution in [0.2, 0.25) is 0 Å². The molecule has 0 fully saturated rings. The van der Waals surface area contributed by atoms with Crippen molar-refractivity contribution >= 4 is 17.6 Å². The largest absolute Gasteiger partial charge is 0.390 e. The average Bonchev–Trinajstić information content (AvgIpc) is 2.22. The highest BCUT2D eigenvalue weighted by molar-refractivity contribution is 7.99. The number of aromatic nitrogens is 2. The first-order valence-electron chi connectivity index (χ1n) is 5.26. The molecule has 1 rings (SSSR count). The van der Waals surface area contributed by atoms with Crippen molar-refractivity contribution in [2.75, 3.05) is 18.1 Å². The number of H-pyrrole nitrogens is 1. The van der Waals surface area contributed by atoms with Gasteiger partial charge < -0.3 is 20.6 Å². The van der Waals surface area contributed by atoms with E-state index < -0.39 is 6.10 Å². The van der Waals surface area contributed by atoms with Crippen molar-refractivity contribution in [2.45, 2.75) is 31.2 Å². The SMILES string of the molecule is CC(C)OCC(O)CSc1nc(N)cc(=O)[nH]1. The maximum Gasteiger partial charge on any atom is 0.253 e. The Hall–Kier alpha value is -1.05. The van der Waals surface area contributed by atoms with E-state index in [1.165, 1.54) is 17.8 Å². The first-order chi connectivity index (χ1) is 7.97. The molecule has 4 N–H and O–H groups in total. The Morgan fingerprint density at radius 2 is 2.35 bits per heavy atom. The molecule has 0 bridgehead atoms. The number of aliphatic hydroxyl groups is 1. The summed E-state index contributed by atoms with van der Waals surface area (Å²) in [5.74, 6) is 0.559. The minimum absolute atomic E-state index is 0.0833. The smallest absolute Gasteiger partial charge is 0.253 e. The number of rotatable bonds is 6. The molecular weight excluding hydrogens is 242 g/mol. The third kappa shape index (κ3) is 5.71. The van der Waals surface area contributed by atoms with Crippen molar-refractivity contribution in [1.29, 1.82) is 0 Å². The molecule has 0 aliphatic carbocycles. The fourth-order valence-electron chi connectivity index (χ4n) is 1.05. The van der Waals surface area contributed by atoms with E-state index in [0.717, 1.165) is 0 Å². The summed E-state index contributed by atoms with van der Waals surface area (Å²) in [5.41, 5.74) is 5.13. The number of aliphatic hydroxyl groups excluding tert-OH is 1. The van der Waals surface area contributed by atoms with Crippen LogP contribution in [-0.2, 0) is 4.74 Å². The Bertz CT molecular complexity index is 408. The Morgan fingerprint density at radius 1 is 1.65 bits per heavy atom. The van der Waals surface area contributed by atoms with Gasteiger partial charge in [0, 0.05) is 11.8 Å². The number of nitrogens with zero attached hydrogens (tertiary/aromatic N) is 1. The zero-order chi connectivity index (χ0) is 12.8. The second kappa shape index (κ2) is 6.63. The highest BCUT2D eigenvalue weighted by atomic mass is 32.2. The van der Waals surface area contributed by atoms with Crippen molar-refractivity contribution in [3.8, 4) is 0 Å². The Morgan fingerprint density at radius 3 is 2.94 bits per heavy atom. The number of aromatic amines is 1. The van der Waals surface area contributed by atoms with Gasteiger partial charge in [-0.25, -0.2) is 4.98 Å². The molecule has 1 heterocycles. The molecule has 0 radical (unpaired) electrons. The molecule has 0 amide bonds. The maximum absolute atomic E-state index is 11.1. The van der Waals surface area contributed by atoms with Gasteiger partial charge in [0.2, 0.25) is 0 Å². The average molecular weight is 259 g/mol. The molecule has 0 saturated heterocycles. The van der Waals surface area contributed by atoms with E-state index in [1.807, 2.05) is 13.8 Å². The molecule has 7 heteroatoms. The van der Waals surface area contributed by atoms with Gasteiger partial charge in [-0.2, -0.15) is 0 Å². The minimum atomic E-state index is -0.603. The topological polar surface area (TPSA) is 101 Å². The van der Waals surface area contributed by atoms with Gasteiger partial charge in [-0.1, -0.05) is 11.8 Å². The predicted octanol–water partition coefficient (Wildman–Crippen LogP) is 0.230. The molecule has 1 aromatic rings. The number of thioether (sulfide) groups is 1. The van der Waals surface area contributed by atoms with E-state index in [2.05, 4.69) is 9.97 Å². The van der Waals surface area contributed by atoms with E-state index in [1.54, 1.807) is 0 Å². The number of nitrogens with one attached hydrogen (secondary N) is 1. The number of nitrogen functional groups attached to an aromatic ring is 1. The zero-order valence-electron chi connectivity index (χ0n) is 9.84. The first-order valence-corrected chi connectivity index (χ1v) is 6.25. The molecule has 0 spiro atoms. The van der Waals surface area contributed by atoms with Crippen LogP contribution in [0.15, 0.2) is 16.0 Å². The molecule has 6 nitrogen and oxygen atoms in total. The van der Waals surface area contributed by atoms with E-state index >= 15 is 0 Å². The lowest BCUT2D eigenvalue weighted by molar-refractivity contribution is 0.0152. The van der Waals surface area contributed by atoms with Crippen LogP contribution in [0.5, 0.6) is 0 Å². The lowest BCUT2D eigenvalue weighted by Crippen LogP contribution is -2.21. The third-order valence-electron chi connectivity index (χ3n) is 1.77. The van der Waals surface area contributed by atoms with E-state index in [9.17, 15) is 9.90 Å². The molecule has 1 aromatic heterocycles. The standard InChI is InChI=1S/C10H17N3O3S/c1-6(2)16-4-7(14)5-17-10-12-8(11)3-9(15)13-10/h3,6-7,14H,4-5H2,1-2H3,(H3,11,12,13,15). The van der Waals surface area contributed by atoms with Crippen molar-refractivity contribution in [2.24, 2.45) is 0 Å². The van der Waals surface area contributed by atoms with Crippen molar-refractivity contribution in [3.05, 3.63) is 16.4 Å². The van der Waals surface area contributed by atoms with Crippen LogP contribution in [-0.4, -0.2) is 39.6 Å². The molecule has 0 aliphatic rings. The molecule has 1 atom stereocenters. The summed E-state index contributed by atoms with van der Waals surface area (Å²) < 4.78 is 5.26. The van der Waals surface area contributed by atoms with Gasteiger partial charge in [0.15, 0.2) is 5.16 Å². The third-order valence-corrected chi connectivity index (χ3v) is 2.79. The van der Waals surface area contributed by atoms with Crippen LogP contribution in [0.3, 0.4) is 0 Å². The van der Waals surface area contributed by atoms with Crippen LogP contribution >= 0.6 is 11.8 Å². The van der Waals surface area contributed by atoms with Crippen LogP contribution < -0.4 is 11.3 Å². The number of hydrogen-bond donors (Lipinski definition) is 3. The Labute approximate surface area is 104 Å². The molecular formula is C10H17N3O3S. The Balaban J connectivity index is 2.41. The highest BCUT2D eigenvalue weighted by Gasteiger charge is 2.08. The summed E-state index contributed by atoms with van der Waals surface area (Å²) in [6.45, 7) is 4.06. The van der Waals surface area contributed by atoms with Crippen molar-refractivity contribution < 1.29 is 9.84 Å². The molecule has 0 aromatic carbocycles. The van der Waals surface area contributed by atoms with Crippen LogP contribution in [0.1, 0.15) is 13.8 Å². The number of ether oxygens (including phenoxy) is 1. The van der Waals surface area contributed by atoms with Crippen molar-refractivity contribution in [3.63, 3.8) is 0 Å². The van der Waals surface area contributed by atoms with Gasteiger partial charge in [0.1, 0.15) is 5.82 Å². The molecule has 0 aliphatic heterocycles. The normalized spacial score (nSPS) is 12.9. The summed E-state index contributed by atoms with van der Waals surface area (Å²) in [7, 11) is 0. The van der Waals surface area contributed by atoms with Crippen LogP contribution in [0.4, 0.5) is 5.82 Å². The molecule has 0 saturated carbocycles. The lowest BCUT2D eigenvalue weighted by atomic mass is 10.4. The number of hydrogen-bond acceptors (Lipinski definition) is 6. The molecule has 1 unspecified atom stereocenters. The van der Waals surface area contributed by atoms with Gasteiger partial charge in [-0.3, -0.25) is 4.79 Å². The van der Waals surface area contributed by atoms with Gasteiger partial charge in [0.05, 0.1) is 18.8 Å². The lowest BCUT2D eigenvalue weighted by Gasteiger charge is -2.12. The van der Waals surface area contributed by atoms with Crippen LogP contribution in [0.25, 0.3) is 0 Å². The monoisotopic (exact) mass is 259 g/mol. The summed E-state index contributed by atoms with van der Waals surface area (Å²) in [4.78, 5) is 17.6. The van der Waals surface area contributed by atoms with Gasteiger partial charge >= 0.3 is 0 Å². The maximum atomic E-state index is 11.1. The van der Waals surface area contributed by atoms with Crippen LogP contribution in [0, 0.1) is 0 Å². The van der Waals surface area contributed by atoms with E-state index in [0.29, 0.717) is 10.9 Å². The quantitative estimate of drug-likeness (QED) is 0.499. The fraction of sp³-hybridized carbons (Fsp3) is 0.600. The van der Waals surface area contributed by atoms with E-state index in [4.69, 9.17) is 10.5 Å². The van der Waals surface area contributed by atoms with E-state index in [-0.39, 0.29) is 24.1 Å². The van der Waals surface area contributed by atoms with Gasteiger partial charge in [-0.15, -0.1) is 0 Å². The summed E-state index contributed by atoms with van der Waals surface area (Å²) in [6.07, 6.45) is -0.519. The number of anilines is 1. The predicted molar refractivity (Wildman–Crippen MR) is 67.1 cm³/mol. The summed E-state index contributed by atoms with van der Waals surface area (Å²) in [5, 5.41) is 10.0. The molecule has 17 heavy (non-hydrogen) atoms. The van der Waals surface area contributed by atoms with Gasteiger partial charge in [0.25, 0.3) is 5.56 Å². The van der Waals surface area contributed by atoms with Crippen molar-refractivity contribution in [1.82, 2.24) is 9.97 Å².